The molecule has 0 aliphatic rings. The molecular weight excluding hydrogens is 417 g/mol. The Labute approximate surface area is 163 Å². The summed E-state index contributed by atoms with van der Waals surface area (Å²) < 4.78 is 10.7. The van der Waals surface area contributed by atoms with E-state index in [1.807, 2.05) is 12.1 Å². The molecule has 5 nitrogen and oxygen atoms in total. The van der Waals surface area contributed by atoms with Crippen LogP contribution < -0.4 is 15.4 Å². The summed E-state index contributed by atoms with van der Waals surface area (Å²) in [7, 11) is 1.68. The minimum atomic E-state index is 0. The van der Waals surface area contributed by atoms with Gasteiger partial charge in [-0.05, 0) is 37.0 Å². The molecule has 24 heavy (non-hydrogen) atoms. The summed E-state index contributed by atoms with van der Waals surface area (Å²) in [6.45, 7) is 10.2. The molecule has 0 saturated heterocycles. The molecule has 1 rings (SSSR count). The highest BCUT2D eigenvalue weighted by Crippen LogP contribution is 2.11. The van der Waals surface area contributed by atoms with Gasteiger partial charge in [0.25, 0.3) is 0 Å². The van der Waals surface area contributed by atoms with Crippen LogP contribution in [0.5, 0.6) is 5.75 Å². The molecule has 0 spiro atoms. The van der Waals surface area contributed by atoms with Crippen molar-refractivity contribution >= 4 is 29.9 Å². The average molecular weight is 449 g/mol. The van der Waals surface area contributed by atoms with Crippen molar-refractivity contribution < 1.29 is 9.47 Å². The number of methoxy groups -OCH3 is 1. The second-order valence-electron chi connectivity index (χ2n) is 5.75. The first kappa shape index (κ1) is 23.0. The fourth-order valence-corrected chi connectivity index (χ4v) is 2.00. The number of benzene rings is 1. The topological polar surface area (TPSA) is 54.9 Å². The minimum absolute atomic E-state index is 0. The summed E-state index contributed by atoms with van der Waals surface area (Å²) in [6, 6.07) is 8.15. The molecule has 0 fully saturated rings. The van der Waals surface area contributed by atoms with Crippen LogP contribution in [-0.4, -0.2) is 45.9 Å². The second kappa shape index (κ2) is 14.3. The third-order valence-electron chi connectivity index (χ3n) is 3.17. The van der Waals surface area contributed by atoms with Crippen LogP contribution in [0.15, 0.2) is 29.3 Å². The zero-order chi connectivity index (χ0) is 16.9. The molecule has 1 aromatic carbocycles. The Bertz CT molecular complexity index is 450. The second-order valence-corrected chi connectivity index (χ2v) is 5.75. The van der Waals surface area contributed by atoms with Crippen molar-refractivity contribution in [2.45, 2.75) is 27.2 Å². The lowest BCUT2D eigenvalue weighted by molar-refractivity contribution is 0.117. The molecule has 0 amide bonds. The first-order valence-corrected chi connectivity index (χ1v) is 8.38. The lowest BCUT2D eigenvalue weighted by Gasteiger charge is -2.12. The summed E-state index contributed by atoms with van der Waals surface area (Å²) >= 11 is 0. The fraction of sp³-hybridized carbons (Fsp3) is 0.611. The highest BCUT2D eigenvalue weighted by Gasteiger charge is 1.99. The van der Waals surface area contributed by atoms with E-state index in [0.717, 1.165) is 37.8 Å². The van der Waals surface area contributed by atoms with E-state index < -0.39 is 0 Å². The number of guanidine groups is 1. The molecule has 1 aromatic rings. The highest BCUT2D eigenvalue weighted by molar-refractivity contribution is 14.0. The van der Waals surface area contributed by atoms with Crippen molar-refractivity contribution in [3.05, 3.63) is 29.8 Å². The Morgan fingerprint density at radius 3 is 2.46 bits per heavy atom. The number of ether oxygens (including phenoxy) is 2. The SMILES string of the molecule is CCNC(=NCCOCC(C)C)NCCc1ccc(OC)cc1.I. The zero-order valence-corrected chi connectivity index (χ0v) is 17.6. The molecule has 0 saturated carbocycles. The number of halogens is 1. The van der Waals surface area contributed by atoms with Gasteiger partial charge in [0.1, 0.15) is 5.75 Å². The Hall–Kier alpha value is -1.02. The van der Waals surface area contributed by atoms with Crippen molar-refractivity contribution in [3.8, 4) is 5.75 Å². The van der Waals surface area contributed by atoms with Gasteiger partial charge in [-0.3, -0.25) is 4.99 Å². The maximum atomic E-state index is 5.54. The van der Waals surface area contributed by atoms with Crippen LogP contribution in [-0.2, 0) is 11.2 Å². The van der Waals surface area contributed by atoms with Crippen LogP contribution in [0, 0.1) is 5.92 Å². The van der Waals surface area contributed by atoms with Gasteiger partial charge in [-0.25, -0.2) is 0 Å². The van der Waals surface area contributed by atoms with Crippen LogP contribution in [0.4, 0.5) is 0 Å². The van der Waals surface area contributed by atoms with E-state index in [2.05, 4.69) is 48.5 Å². The number of nitrogens with one attached hydrogen (secondary N) is 2. The first-order chi connectivity index (χ1) is 11.2. The van der Waals surface area contributed by atoms with Crippen molar-refractivity contribution in [1.29, 1.82) is 0 Å². The maximum absolute atomic E-state index is 5.54. The number of aliphatic imine (C=N–C) groups is 1. The summed E-state index contributed by atoms with van der Waals surface area (Å²) in [5.74, 6) is 2.29. The predicted molar refractivity (Wildman–Crippen MR) is 112 cm³/mol. The average Bonchev–Trinajstić information content (AvgIpc) is 2.55. The molecule has 0 atom stereocenters. The van der Waals surface area contributed by atoms with E-state index >= 15 is 0 Å². The molecule has 0 heterocycles. The van der Waals surface area contributed by atoms with Gasteiger partial charge < -0.3 is 20.1 Å². The van der Waals surface area contributed by atoms with Crippen LogP contribution in [0.2, 0.25) is 0 Å². The Kier molecular flexibility index (Phi) is 13.7. The van der Waals surface area contributed by atoms with Gasteiger partial charge in [0, 0.05) is 19.7 Å². The predicted octanol–water partition coefficient (Wildman–Crippen LogP) is 3.08. The van der Waals surface area contributed by atoms with Crippen molar-refractivity contribution in [3.63, 3.8) is 0 Å². The largest absolute Gasteiger partial charge is 0.497 e. The van der Waals surface area contributed by atoms with Gasteiger partial charge in [0.2, 0.25) is 0 Å². The highest BCUT2D eigenvalue weighted by atomic mass is 127. The summed E-state index contributed by atoms with van der Waals surface area (Å²) in [6.07, 6.45) is 0.943. The lowest BCUT2D eigenvalue weighted by atomic mass is 10.1. The van der Waals surface area contributed by atoms with Gasteiger partial charge in [-0.15, -0.1) is 24.0 Å². The summed E-state index contributed by atoms with van der Waals surface area (Å²) in [5, 5.41) is 6.60. The van der Waals surface area contributed by atoms with Crippen molar-refractivity contribution in [2.24, 2.45) is 10.9 Å². The van der Waals surface area contributed by atoms with Crippen molar-refractivity contribution in [1.82, 2.24) is 10.6 Å². The van der Waals surface area contributed by atoms with E-state index in [-0.39, 0.29) is 24.0 Å². The number of hydrogen-bond acceptors (Lipinski definition) is 3. The van der Waals surface area contributed by atoms with Gasteiger partial charge in [0.05, 0.1) is 20.3 Å². The number of rotatable bonds is 10. The van der Waals surface area contributed by atoms with Crippen LogP contribution in [0.25, 0.3) is 0 Å². The third-order valence-corrected chi connectivity index (χ3v) is 3.17. The zero-order valence-electron chi connectivity index (χ0n) is 15.3. The molecular formula is C18H32IN3O2. The Morgan fingerprint density at radius 2 is 1.88 bits per heavy atom. The fourth-order valence-electron chi connectivity index (χ4n) is 2.00. The standard InChI is InChI=1S/C18H31N3O2.HI/c1-5-19-18(21-12-13-23-14-15(2)3)20-11-10-16-6-8-17(22-4)9-7-16;/h6-9,15H,5,10-14H2,1-4H3,(H2,19,20,21);1H. The van der Waals surface area contributed by atoms with Gasteiger partial charge >= 0.3 is 0 Å². The Morgan fingerprint density at radius 1 is 1.17 bits per heavy atom. The van der Waals surface area contributed by atoms with E-state index in [1.165, 1.54) is 5.56 Å². The normalized spacial score (nSPS) is 11.1. The van der Waals surface area contributed by atoms with Crippen LogP contribution in [0.1, 0.15) is 26.3 Å². The summed E-state index contributed by atoms with van der Waals surface area (Å²) in [4.78, 5) is 4.52. The van der Waals surface area contributed by atoms with Crippen LogP contribution in [0.3, 0.4) is 0 Å². The lowest BCUT2D eigenvalue weighted by Crippen LogP contribution is -2.38. The molecule has 0 aliphatic heterocycles. The van der Waals surface area contributed by atoms with E-state index in [1.54, 1.807) is 7.11 Å². The molecule has 2 N–H and O–H groups in total. The molecule has 0 aliphatic carbocycles. The number of nitrogens with zero attached hydrogens (tertiary/aromatic N) is 1. The van der Waals surface area contributed by atoms with Gasteiger partial charge in [0.15, 0.2) is 5.96 Å². The van der Waals surface area contributed by atoms with Gasteiger partial charge in [-0.2, -0.15) is 0 Å². The van der Waals surface area contributed by atoms with Crippen LogP contribution >= 0.6 is 24.0 Å². The van der Waals surface area contributed by atoms with E-state index in [0.29, 0.717) is 19.1 Å². The molecule has 0 aromatic heterocycles. The van der Waals surface area contributed by atoms with E-state index in [9.17, 15) is 0 Å². The smallest absolute Gasteiger partial charge is 0.191 e. The molecule has 0 unspecified atom stereocenters. The quantitative estimate of drug-likeness (QED) is 0.250. The van der Waals surface area contributed by atoms with Crippen molar-refractivity contribution in [2.75, 3.05) is 40.0 Å². The molecule has 6 heteroatoms. The first-order valence-electron chi connectivity index (χ1n) is 8.38. The number of hydrogen-bond donors (Lipinski definition) is 2. The monoisotopic (exact) mass is 449 g/mol. The molecule has 138 valence electrons. The summed E-state index contributed by atoms with van der Waals surface area (Å²) in [5.41, 5.74) is 1.27. The maximum Gasteiger partial charge on any atom is 0.191 e. The minimum Gasteiger partial charge on any atom is -0.497 e. The van der Waals surface area contributed by atoms with Gasteiger partial charge in [-0.1, -0.05) is 26.0 Å². The molecule has 0 radical (unpaired) electrons. The third kappa shape index (κ3) is 10.7. The molecule has 0 bridgehead atoms. The Balaban J connectivity index is 0.00000529. The van der Waals surface area contributed by atoms with E-state index in [4.69, 9.17) is 9.47 Å².